The summed E-state index contributed by atoms with van der Waals surface area (Å²) in [6.07, 6.45) is 0. The van der Waals surface area contributed by atoms with Gasteiger partial charge in [0.25, 0.3) is 0 Å². The van der Waals surface area contributed by atoms with Gasteiger partial charge in [-0.1, -0.05) is 0 Å². The number of methoxy groups -OCH3 is 1. The van der Waals surface area contributed by atoms with Crippen LogP contribution < -0.4 is 10.1 Å². The van der Waals surface area contributed by atoms with Crippen molar-refractivity contribution in [1.29, 1.82) is 0 Å². The number of benzene rings is 1. The summed E-state index contributed by atoms with van der Waals surface area (Å²) in [6.45, 7) is -0.152. The third-order valence-electron chi connectivity index (χ3n) is 2.11. The molecule has 4 heteroatoms. The fraction of sp³-hybridized carbons (Fsp3) is 0.400. The molecule has 1 rings (SSSR count). The van der Waals surface area contributed by atoms with E-state index in [2.05, 4.69) is 5.32 Å². The van der Waals surface area contributed by atoms with E-state index in [1.807, 2.05) is 0 Å². The summed E-state index contributed by atoms with van der Waals surface area (Å²) in [5.74, 6) is 0.231. The third-order valence-corrected chi connectivity index (χ3v) is 2.11. The molecule has 3 nitrogen and oxygen atoms in total. The van der Waals surface area contributed by atoms with Gasteiger partial charge >= 0.3 is 0 Å². The Labute approximate surface area is 82.5 Å². The van der Waals surface area contributed by atoms with Gasteiger partial charge in [-0.05, 0) is 25.2 Å². The molecule has 0 saturated heterocycles. The molecule has 0 bridgehead atoms. The SMILES string of the molecule is CN[C@H](CO)c1cc(OC)ccc1F. The van der Waals surface area contributed by atoms with E-state index in [0.29, 0.717) is 11.3 Å². The first-order chi connectivity index (χ1) is 6.72. The van der Waals surface area contributed by atoms with Crippen LogP contribution in [0.4, 0.5) is 4.39 Å². The van der Waals surface area contributed by atoms with Crippen molar-refractivity contribution in [2.75, 3.05) is 20.8 Å². The number of likely N-dealkylation sites (N-methyl/N-ethyl adjacent to an activating group) is 1. The molecule has 1 aromatic rings. The molecule has 0 spiro atoms. The van der Waals surface area contributed by atoms with Crippen LogP contribution in [0.25, 0.3) is 0 Å². The Morgan fingerprint density at radius 1 is 1.57 bits per heavy atom. The number of hydrogen-bond acceptors (Lipinski definition) is 3. The molecular weight excluding hydrogens is 185 g/mol. The van der Waals surface area contributed by atoms with Crippen LogP contribution in [0, 0.1) is 5.82 Å². The zero-order valence-corrected chi connectivity index (χ0v) is 8.25. The van der Waals surface area contributed by atoms with Gasteiger partial charge in [0, 0.05) is 5.56 Å². The molecule has 0 aromatic heterocycles. The number of rotatable bonds is 4. The highest BCUT2D eigenvalue weighted by Gasteiger charge is 2.13. The topological polar surface area (TPSA) is 41.5 Å². The van der Waals surface area contributed by atoms with Crippen molar-refractivity contribution in [3.05, 3.63) is 29.6 Å². The Hall–Kier alpha value is -1.13. The molecule has 0 saturated carbocycles. The molecule has 0 amide bonds. The van der Waals surface area contributed by atoms with Gasteiger partial charge in [0.05, 0.1) is 19.8 Å². The van der Waals surface area contributed by atoms with Gasteiger partial charge in [-0.15, -0.1) is 0 Å². The van der Waals surface area contributed by atoms with Gasteiger partial charge in [0.15, 0.2) is 0 Å². The van der Waals surface area contributed by atoms with Crippen molar-refractivity contribution in [3.63, 3.8) is 0 Å². The normalized spacial score (nSPS) is 12.6. The van der Waals surface area contributed by atoms with Crippen molar-refractivity contribution in [2.45, 2.75) is 6.04 Å². The Morgan fingerprint density at radius 3 is 2.79 bits per heavy atom. The van der Waals surface area contributed by atoms with Crippen LogP contribution in [-0.4, -0.2) is 25.9 Å². The summed E-state index contributed by atoms with van der Waals surface area (Å²) >= 11 is 0. The predicted octanol–water partition coefficient (Wildman–Crippen LogP) is 1.09. The molecule has 0 aliphatic heterocycles. The van der Waals surface area contributed by atoms with Gasteiger partial charge < -0.3 is 15.2 Å². The fourth-order valence-corrected chi connectivity index (χ4v) is 1.26. The van der Waals surface area contributed by atoms with E-state index in [1.165, 1.54) is 13.2 Å². The number of ether oxygens (including phenoxy) is 1. The average molecular weight is 199 g/mol. The van der Waals surface area contributed by atoms with Crippen molar-refractivity contribution in [3.8, 4) is 5.75 Å². The van der Waals surface area contributed by atoms with E-state index < -0.39 is 6.04 Å². The van der Waals surface area contributed by atoms with Gasteiger partial charge in [-0.2, -0.15) is 0 Å². The van der Waals surface area contributed by atoms with E-state index in [1.54, 1.807) is 19.2 Å². The maximum absolute atomic E-state index is 13.3. The molecule has 2 N–H and O–H groups in total. The average Bonchev–Trinajstić information content (AvgIpc) is 2.22. The molecule has 0 heterocycles. The Balaban J connectivity index is 3.04. The summed E-state index contributed by atoms with van der Waals surface area (Å²) in [4.78, 5) is 0. The first-order valence-electron chi connectivity index (χ1n) is 4.34. The number of nitrogens with one attached hydrogen (secondary N) is 1. The van der Waals surface area contributed by atoms with Crippen LogP contribution in [0.15, 0.2) is 18.2 Å². The summed E-state index contributed by atoms with van der Waals surface area (Å²) in [7, 11) is 3.18. The van der Waals surface area contributed by atoms with Gasteiger partial charge in [-0.25, -0.2) is 4.39 Å². The van der Waals surface area contributed by atoms with Crippen molar-refractivity contribution in [1.82, 2.24) is 5.32 Å². The second kappa shape index (κ2) is 4.93. The summed E-state index contributed by atoms with van der Waals surface area (Å²) in [5.41, 5.74) is 0.411. The monoisotopic (exact) mass is 199 g/mol. The molecule has 0 fully saturated rings. The van der Waals surface area contributed by atoms with Crippen LogP contribution in [0.2, 0.25) is 0 Å². The lowest BCUT2D eigenvalue weighted by atomic mass is 10.1. The van der Waals surface area contributed by atoms with Crippen LogP contribution in [0.3, 0.4) is 0 Å². The second-order valence-corrected chi connectivity index (χ2v) is 2.91. The van der Waals surface area contributed by atoms with Crippen LogP contribution in [0.5, 0.6) is 5.75 Å². The van der Waals surface area contributed by atoms with Gasteiger partial charge in [0.1, 0.15) is 11.6 Å². The minimum atomic E-state index is -0.398. The first-order valence-corrected chi connectivity index (χ1v) is 4.34. The van der Waals surface area contributed by atoms with Crippen molar-refractivity contribution < 1.29 is 14.2 Å². The molecule has 1 aromatic carbocycles. The molecule has 1 atom stereocenters. The van der Waals surface area contributed by atoms with Crippen LogP contribution in [0.1, 0.15) is 11.6 Å². The lowest BCUT2D eigenvalue weighted by molar-refractivity contribution is 0.247. The van der Waals surface area contributed by atoms with Crippen molar-refractivity contribution >= 4 is 0 Å². The van der Waals surface area contributed by atoms with Gasteiger partial charge in [0.2, 0.25) is 0 Å². The minimum absolute atomic E-state index is 0.152. The Kier molecular flexibility index (Phi) is 3.85. The van der Waals surface area contributed by atoms with E-state index in [4.69, 9.17) is 9.84 Å². The molecule has 78 valence electrons. The highest BCUT2D eigenvalue weighted by Crippen LogP contribution is 2.21. The van der Waals surface area contributed by atoms with Crippen molar-refractivity contribution in [2.24, 2.45) is 0 Å². The van der Waals surface area contributed by atoms with E-state index in [0.717, 1.165) is 0 Å². The quantitative estimate of drug-likeness (QED) is 0.762. The molecule has 0 radical (unpaired) electrons. The first kappa shape index (κ1) is 10.9. The number of aliphatic hydroxyl groups excluding tert-OH is 1. The summed E-state index contributed by atoms with van der Waals surface area (Å²) in [5, 5.41) is 11.8. The summed E-state index contributed by atoms with van der Waals surface area (Å²) < 4.78 is 18.3. The number of halogens is 1. The van der Waals surface area contributed by atoms with Crippen LogP contribution >= 0.6 is 0 Å². The largest absolute Gasteiger partial charge is 0.497 e. The van der Waals surface area contributed by atoms with E-state index >= 15 is 0 Å². The standard InChI is InChI=1S/C10H14FNO2/c1-12-10(6-13)8-5-7(14-2)3-4-9(8)11/h3-5,10,12-13H,6H2,1-2H3/t10-/m1/s1. The van der Waals surface area contributed by atoms with Gasteiger partial charge in [-0.3, -0.25) is 0 Å². The molecule has 0 unspecified atom stereocenters. The summed E-state index contributed by atoms with van der Waals surface area (Å²) in [6, 6.07) is 4.05. The highest BCUT2D eigenvalue weighted by atomic mass is 19.1. The maximum atomic E-state index is 13.3. The Bertz CT molecular complexity index is 300. The van der Waals surface area contributed by atoms with E-state index in [-0.39, 0.29) is 12.4 Å². The minimum Gasteiger partial charge on any atom is -0.497 e. The highest BCUT2D eigenvalue weighted by molar-refractivity contribution is 5.31. The van der Waals surface area contributed by atoms with E-state index in [9.17, 15) is 4.39 Å². The lowest BCUT2D eigenvalue weighted by Crippen LogP contribution is -2.21. The zero-order chi connectivity index (χ0) is 10.6. The predicted molar refractivity (Wildman–Crippen MR) is 51.8 cm³/mol. The fourth-order valence-electron chi connectivity index (χ4n) is 1.26. The zero-order valence-electron chi connectivity index (χ0n) is 8.25. The maximum Gasteiger partial charge on any atom is 0.128 e. The number of aliphatic hydroxyl groups is 1. The molecule has 0 aliphatic rings. The third kappa shape index (κ3) is 2.21. The molecule has 14 heavy (non-hydrogen) atoms. The second-order valence-electron chi connectivity index (χ2n) is 2.91. The number of hydrogen-bond donors (Lipinski definition) is 2. The lowest BCUT2D eigenvalue weighted by Gasteiger charge is -2.15. The smallest absolute Gasteiger partial charge is 0.128 e. The molecular formula is C10H14FNO2. The Morgan fingerprint density at radius 2 is 2.29 bits per heavy atom. The molecule has 0 aliphatic carbocycles. The van der Waals surface area contributed by atoms with Crippen LogP contribution in [-0.2, 0) is 0 Å².